The summed E-state index contributed by atoms with van der Waals surface area (Å²) in [7, 11) is 3.83. The average molecular weight is 260 g/mol. The molecular weight excluding hydrogens is 240 g/mol. The van der Waals surface area contributed by atoms with Gasteiger partial charge < -0.3 is 10.1 Å². The number of nitrogens with zero attached hydrogens (tertiary/aromatic N) is 3. The minimum Gasteiger partial charge on any atom is -0.489 e. The fourth-order valence-corrected chi connectivity index (χ4v) is 2.05. The van der Waals surface area contributed by atoms with E-state index in [0.29, 0.717) is 0 Å². The van der Waals surface area contributed by atoms with E-state index in [2.05, 4.69) is 15.4 Å². The molecule has 0 saturated heterocycles. The summed E-state index contributed by atoms with van der Waals surface area (Å²) in [6, 6.07) is 2.08. The minimum atomic E-state index is 0.0666. The molecule has 1 N–H and O–H groups in total. The Morgan fingerprint density at radius 2 is 2.00 bits per heavy atom. The van der Waals surface area contributed by atoms with E-state index in [-0.39, 0.29) is 12.1 Å². The summed E-state index contributed by atoms with van der Waals surface area (Å²) in [6.07, 6.45) is 7.58. The molecule has 0 saturated carbocycles. The van der Waals surface area contributed by atoms with Crippen molar-refractivity contribution in [2.45, 2.75) is 26.0 Å². The van der Waals surface area contributed by atoms with Crippen molar-refractivity contribution in [3.05, 3.63) is 42.0 Å². The van der Waals surface area contributed by atoms with E-state index in [4.69, 9.17) is 4.74 Å². The molecule has 0 bridgehead atoms. The van der Waals surface area contributed by atoms with E-state index < -0.39 is 0 Å². The molecule has 0 radical (unpaired) electrons. The molecule has 2 aromatic rings. The van der Waals surface area contributed by atoms with Gasteiger partial charge in [0.05, 0.1) is 24.5 Å². The van der Waals surface area contributed by atoms with E-state index in [1.54, 1.807) is 10.9 Å². The quantitative estimate of drug-likeness (QED) is 0.892. The predicted molar refractivity (Wildman–Crippen MR) is 74.1 cm³/mol. The van der Waals surface area contributed by atoms with Crippen molar-refractivity contribution in [3.63, 3.8) is 0 Å². The lowest BCUT2D eigenvalue weighted by Crippen LogP contribution is -2.17. The van der Waals surface area contributed by atoms with Gasteiger partial charge in [-0.15, -0.1) is 0 Å². The van der Waals surface area contributed by atoms with Gasteiger partial charge in [0, 0.05) is 25.0 Å². The molecule has 1 atom stereocenters. The number of hydrogen-bond donors (Lipinski definition) is 1. The van der Waals surface area contributed by atoms with E-state index in [9.17, 15) is 0 Å². The van der Waals surface area contributed by atoms with Gasteiger partial charge in [-0.05, 0) is 32.5 Å². The molecular formula is C14H20N4O. The maximum absolute atomic E-state index is 5.68. The smallest absolute Gasteiger partial charge is 0.138 e. The Labute approximate surface area is 113 Å². The van der Waals surface area contributed by atoms with Crippen LogP contribution in [0.4, 0.5) is 0 Å². The fraction of sp³-hybridized carbons (Fsp3) is 0.429. The highest BCUT2D eigenvalue weighted by atomic mass is 16.5. The summed E-state index contributed by atoms with van der Waals surface area (Å²) < 4.78 is 7.47. The van der Waals surface area contributed by atoms with Crippen molar-refractivity contribution in [3.8, 4) is 5.75 Å². The largest absolute Gasteiger partial charge is 0.489 e. The van der Waals surface area contributed by atoms with Crippen molar-refractivity contribution in [2.24, 2.45) is 7.05 Å². The maximum Gasteiger partial charge on any atom is 0.138 e. The molecule has 2 heterocycles. The monoisotopic (exact) mass is 260 g/mol. The van der Waals surface area contributed by atoms with Crippen molar-refractivity contribution in [1.82, 2.24) is 20.1 Å². The lowest BCUT2D eigenvalue weighted by Gasteiger charge is -2.16. The van der Waals surface area contributed by atoms with Crippen LogP contribution in [0, 0.1) is 0 Å². The highest BCUT2D eigenvalue weighted by Crippen LogP contribution is 2.23. The fourth-order valence-electron chi connectivity index (χ4n) is 2.05. The average Bonchev–Trinajstić information content (AvgIpc) is 2.76. The Balaban J connectivity index is 2.28. The molecule has 1 unspecified atom stereocenters. The Morgan fingerprint density at radius 3 is 2.58 bits per heavy atom. The number of aryl methyl sites for hydroxylation is 1. The van der Waals surface area contributed by atoms with Gasteiger partial charge in [-0.25, -0.2) is 0 Å². The first kappa shape index (κ1) is 13.5. The Bertz CT molecular complexity index is 536. The molecule has 102 valence electrons. The molecule has 2 rings (SSSR count). The Morgan fingerprint density at radius 1 is 1.21 bits per heavy atom. The van der Waals surface area contributed by atoms with Crippen LogP contribution in [-0.4, -0.2) is 27.9 Å². The van der Waals surface area contributed by atoms with Crippen LogP contribution >= 0.6 is 0 Å². The van der Waals surface area contributed by atoms with Crippen LogP contribution in [0.3, 0.4) is 0 Å². The molecule has 2 aromatic heterocycles. The first-order valence-electron chi connectivity index (χ1n) is 6.37. The van der Waals surface area contributed by atoms with Crippen LogP contribution in [0.5, 0.6) is 5.75 Å². The highest BCUT2D eigenvalue weighted by molar-refractivity contribution is 5.32. The zero-order chi connectivity index (χ0) is 13.8. The first-order valence-corrected chi connectivity index (χ1v) is 6.37. The lowest BCUT2D eigenvalue weighted by atomic mass is 10.0. The van der Waals surface area contributed by atoms with Crippen LogP contribution in [0.1, 0.15) is 31.0 Å². The van der Waals surface area contributed by atoms with Crippen LogP contribution in [-0.2, 0) is 7.05 Å². The molecule has 0 aliphatic heterocycles. The van der Waals surface area contributed by atoms with Crippen molar-refractivity contribution < 1.29 is 4.74 Å². The Hall–Kier alpha value is -1.88. The second-order valence-corrected chi connectivity index (χ2v) is 4.79. The second-order valence-electron chi connectivity index (χ2n) is 4.79. The number of pyridine rings is 1. The van der Waals surface area contributed by atoms with Crippen molar-refractivity contribution in [2.75, 3.05) is 7.05 Å². The molecule has 5 heteroatoms. The second kappa shape index (κ2) is 5.84. The third-order valence-corrected chi connectivity index (χ3v) is 2.79. The number of rotatable bonds is 5. The van der Waals surface area contributed by atoms with Crippen LogP contribution in [0.25, 0.3) is 0 Å². The number of nitrogens with one attached hydrogen (secondary N) is 1. The number of ether oxygens (including phenoxy) is 1. The van der Waals surface area contributed by atoms with Crippen molar-refractivity contribution >= 4 is 0 Å². The summed E-state index contributed by atoms with van der Waals surface area (Å²) in [5, 5.41) is 7.49. The maximum atomic E-state index is 5.68. The van der Waals surface area contributed by atoms with Gasteiger partial charge in [0.15, 0.2) is 0 Å². The van der Waals surface area contributed by atoms with E-state index >= 15 is 0 Å². The summed E-state index contributed by atoms with van der Waals surface area (Å²) in [6.45, 7) is 4.01. The van der Waals surface area contributed by atoms with Crippen LogP contribution in [0.2, 0.25) is 0 Å². The molecule has 0 amide bonds. The molecule has 0 aliphatic rings. The molecule has 5 nitrogen and oxygen atoms in total. The molecule has 19 heavy (non-hydrogen) atoms. The normalized spacial score (nSPS) is 12.7. The van der Waals surface area contributed by atoms with Crippen molar-refractivity contribution in [1.29, 1.82) is 0 Å². The lowest BCUT2D eigenvalue weighted by molar-refractivity contribution is 0.241. The van der Waals surface area contributed by atoms with Gasteiger partial charge in [0.25, 0.3) is 0 Å². The summed E-state index contributed by atoms with van der Waals surface area (Å²) in [4.78, 5) is 4.25. The van der Waals surface area contributed by atoms with E-state index in [0.717, 1.165) is 16.9 Å². The molecule has 0 spiro atoms. The summed E-state index contributed by atoms with van der Waals surface area (Å²) >= 11 is 0. The standard InChI is InChI=1S/C14H20N4O/c1-10(2)19-13-5-11(6-16-8-13)14(15-3)12-7-17-18(4)9-12/h5-10,14-15H,1-4H3. The van der Waals surface area contributed by atoms with Gasteiger partial charge in [0.2, 0.25) is 0 Å². The molecule has 0 aliphatic carbocycles. The zero-order valence-electron chi connectivity index (χ0n) is 11.8. The third-order valence-electron chi connectivity index (χ3n) is 2.79. The SMILES string of the molecule is CNC(c1cncc(OC(C)C)c1)c1cnn(C)c1. The molecule has 0 aromatic carbocycles. The van der Waals surface area contributed by atoms with Gasteiger partial charge in [-0.1, -0.05) is 0 Å². The Kier molecular flexibility index (Phi) is 4.16. The van der Waals surface area contributed by atoms with Gasteiger partial charge in [-0.2, -0.15) is 5.10 Å². The third kappa shape index (κ3) is 3.32. The van der Waals surface area contributed by atoms with Gasteiger partial charge in [-0.3, -0.25) is 9.67 Å². The van der Waals surface area contributed by atoms with E-state index in [1.165, 1.54) is 0 Å². The van der Waals surface area contributed by atoms with Gasteiger partial charge >= 0.3 is 0 Å². The summed E-state index contributed by atoms with van der Waals surface area (Å²) in [5.41, 5.74) is 2.17. The number of hydrogen-bond acceptors (Lipinski definition) is 4. The van der Waals surface area contributed by atoms with Gasteiger partial charge in [0.1, 0.15) is 5.75 Å². The minimum absolute atomic E-state index is 0.0666. The molecule has 0 fully saturated rings. The summed E-state index contributed by atoms with van der Waals surface area (Å²) in [5.74, 6) is 0.789. The first-order chi connectivity index (χ1) is 9.10. The van der Waals surface area contributed by atoms with E-state index in [1.807, 2.05) is 52.6 Å². The zero-order valence-corrected chi connectivity index (χ0v) is 11.8. The predicted octanol–water partition coefficient (Wildman–Crippen LogP) is 1.91. The van der Waals surface area contributed by atoms with Crippen LogP contribution in [0.15, 0.2) is 30.9 Å². The number of aromatic nitrogens is 3. The topological polar surface area (TPSA) is 52.0 Å². The van der Waals surface area contributed by atoms with Crippen LogP contribution < -0.4 is 10.1 Å². The highest BCUT2D eigenvalue weighted by Gasteiger charge is 2.15.